The molecule has 0 atom stereocenters. The van der Waals surface area contributed by atoms with Crippen LogP contribution in [0.25, 0.3) is 0 Å². The molecular weight excluding hydrogens is 395 g/mol. The first-order valence-corrected chi connectivity index (χ1v) is 9.80. The number of carbonyl (C=O) groups is 2. The number of carbonyl (C=O) groups excluding carboxylic acids is 2. The number of amides is 3. The van der Waals surface area contributed by atoms with Crippen molar-refractivity contribution in [3.63, 3.8) is 0 Å². The minimum Gasteiger partial charge on any atom is -0.377 e. The normalized spacial score (nSPS) is 10.3. The van der Waals surface area contributed by atoms with Gasteiger partial charge in [0.2, 0.25) is 0 Å². The van der Waals surface area contributed by atoms with Crippen LogP contribution in [0.4, 0.5) is 26.2 Å². The lowest BCUT2D eigenvalue weighted by atomic mass is 10.1. The van der Waals surface area contributed by atoms with Crippen LogP contribution in [0.2, 0.25) is 0 Å². The molecule has 0 aliphatic rings. The fourth-order valence-electron chi connectivity index (χ4n) is 3.08. The molecule has 0 saturated carbocycles. The number of benzene rings is 3. The molecule has 0 saturated heterocycles. The van der Waals surface area contributed by atoms with Crippen molar-refractivity contribution in [1.82, 2.24) is 5.32 Å². The first kappa shape index (κ1) is 21.8. The summed E-state index contributed by atoms with van der Waals surface area (Å²) in [7, 11) is 3.67. The van der Waals surface area contributed by atoms with Crippen molar-refractivity contribution < 1.29 is 14.0 Å². The highest BCUT2D eigenvalue weighted by molar-refractivity contribution is 6.04. The number of urea groups is 1. The Labute approximate surface area is 181 Å². The summed E-state index contributed by atoms with van der Waals surface area (Å²) in [6, 6.07) is 18.2. The molecule has 6 nitrogen and oxygen atoms in total. The van der Waals surface area contributed by atoms with E-state index in [1.165, 1.54) is 12.1 Å². The largest absolute Gasteiger partial charge is 0.377 e. The van der Waals surface area contributed by atoms with Crippen molar-refractivity contribution in [2.45, 2.75) is 13.5 Å². The highest BCUT2D eigenvalue weighted by Crippen LogP contribution is 2.23. The summed E-state index contributed by atoms with van der Waals surface area (Å²) in [5, 5.41) is 8.38. The Bertz CT molecular complexity index is 1080. The smallest absolute Gasteiger partial charge is 0.323 e. The van der Waals surface area contributed by atoms with Gasteiger partial charge in [-0.15, -0.1) is 0 Å². The lowest BCUT2D eigenvalue weighted by Gasteiger charge is -2.19. The lowest BCUT2D eigenvalue weighted by Crippen LogP contribution is -2.26. The van der Waals surface area contributed by atoms with Gasteiger partial charge in [0.05, 0.1) is 5.56 Å². The third kappa shape index (κ3) is 6.05. The summed E-state index contributed by atoms with van der Waals surface area (Å²) >= 11 is 0. The average molecular weight is 420 g/mol. The quantitative estimate of drug-likeness (QED) is 0.538. The predicted molar refractivity (Wildman–Crippen MR) is 122 cm³/mol. The molecule has 3 aromatic rings. The van der Waals surface area contributed by atoms with Crippen LogP contribution in [0.3, 0.4) is 0 Å². The van der Waals surface area contributed by atoms with Gasteiger partial charge in [-0.05, 0) is 60.5 Å². The van der Waals surface area contributed by atoms with Crippen LogP contribution < -0.4 is 20.9 Å². The van der Waals surface area contributed by atoms with Crippen LogP contribution in [-0.2, 0) is 6.54 Å². The second-order valence-electron chi connectivity index (χ2n) is 7.38. The van der Waals surface area contributed by atoms with Gasteiger partial charge in [0.25, 0.3) is 5.91 Å². The van der Waals surface area contributed by atoms with Gasteiger partial charge in [-0.2, -0.15) is 0 Å². The SMILES string of the molecule is Cc1cccc(NC(=O)Nc2ccc(N(C)C)c(C(=O)NCc3ccc(F)cc3)c2)c1. The molecule has 3 N–H and O–H groups in total. The molecule has 0 heterocycles. The molecule has 0 radical (unpaired) electrons. The van der Waals surface area contributed by atoms with Crippen molar-refractivity contribution in [2.75, 3.05) is 29.6 Å². The average Bonchev–Trinajstić information content (AvgIpc) is 2.72. The molecule has 0 fully saturated rings. The van der Waals surface area contributed by atoms with E-state index >= 15 is 0 Å². The zero-order chi connectivity index (χ0) is 22.4. The van der Waals surface area contributed by atoms with Gasteiger partial charge in [-0.25, -0.2) is 9.18 Å². The lowest BCUT2D eigenvalue weighted by molar-refractivity contribution is 0.0951. The molecule has 0 bridgehead atoms. The Kier molecular flexibility index (Phi) is 6.87. The van der Waals surface area contributed by atoms with Gasteiger partial charge in [-0.1, -0.05) is 24.3 Å². The van der Waals surface area contributed by atoms with Gasteiger partial charge in [0.1, 0.15) is 5.82 Å². The van der Waals surface area contributed by atoms with Crippen LogP contribution in [0.15, 0.2) is 66.7 Å². The van der Waals surface area contributed by atoms with E-state index in [-0.39, 0.29) is 18.3 Å². The first-order valence-electron chi connectivity index (χ1n) is 9.80. The van der Waals surface area contributed by atoms with E-state index in [9.17, 15) is 14.0 Å². The third-order valence-electron chi connectivity index (χ3n) is 4.62. The van der Waals surface area contributed by atoms with Crippen molar-refractivity contribution >= 4 is 29.0 Å². The van der Waals surface area contributed by atoms with E-state index in [1.54, 1.807) is 36.4 Å². The molecule has 3 aromatic carbocycles. The minimum atomic E-state index is -0.402. The topological polar surface area (TPSA) is 73.5 Å². The van der Waals surface area contributed by atoms with Crippen molar-refractivity contribution in [3.8, 4) is 0 Å². The molecule has 3 amide bonds. The summed E-state index contributed by atoms with van der Waals surface area (Å²) in [5.74, 6) is -0.622. The van der Waals surface area contributed by atoms with Crippen LogP contribution in [0.5, 0.6) is 0 Å². The van der Waals surface area contributed by atoms with E-state index in [0.29, 0.717) is 22.6 Å². The first-order chi connectivity index (χ1) is 14.8. The minimum absolute atomic E-state index is 0.261. The maximum Gasteiger partial charge on any atom is 0.323 e. The van der Waals surface area contributed by atoms with E-state index < -0.39 is 6.03 Å². The number of hydrogen-bond donors (Lipinski definition) is 3. The van der Waals surface area contributed by atoms with E-state index in [2.05, 4.69) is 16.0 Å². The number of halogens is 1. The maximum atomic E-state index is 13.1. The van der Waals surface area contributed by atoms with E-state index in [0.717, 1.165) is 11.1 Å². The summed E-state index contributed by atoms with van der Waals surface area (Å²) in [5.41, 5.74) is 4.12. The Morgan fingerprint density at radius 3 is 2.23 bits per heavy atom. The number of rotatable bonds is 6. The summed E-state index contributed by atoms with van der Waals surface area (Å²) in [6.07, 6.45) is 0. The van der Waals surface area contributed by atoms with E-state index in [1.807, 2.05) is 44.1 Å². The van der Waals surface area contributed by atoms with Crippen molar-refractivity contribution in [2.24, 2.45) is 0 Å². The van der Waals surface area contributed by atoms with Gasteiger partial charge < -0.3 is 20.9 Å². The Hall–Kier alpha value is -3.87. The fourth-order valence-corrected chi connectivity index (χ4v) is 3.08. The molecule has 0 aliphatic heterocycles. The number of hydrogen-bond acceptors (Lipinski definition) is 3. The molecule has 0 aliphatic carbocycles. The Balaban J connectivity index is 1.72. The number of anilines is 3. The van der Waals surface area contributed by atoms with Gasteiger partial charge >= 0.3 is 6.03 Å². The molecule has 31 heavy (non-hydrogen) atoms. The molecule has 7 heteroatoms. The van der Waals surface area contributed by atoms with Crippen LogP contribution in [0, 0.1) is 12.7 Å². The zero-order valence-electron chi connectivity index (χ0n) is 17.7. The third-order valence-corrected chi connectivity index (χ3v) is 4.62. The number of nitrogens with one attached hydrogen (secondary N) is 3. The zero-order valence-corrected chi connectivity index (χ0v) is 17.7. The monoisotopic (exact) mass is 420 g/mol. The second-order valence-corrected chi connectivity index (χ2v) is 7.38. The Morgan fingerprint density at radius 2 is 1.58 bits per heavy atom. The molecule has 3 rings (SSSR count). The summed E-state index contributed by atoms with van der Waals surface area (Å²) in [6.45, 7) is 2.21. The maximum absolute atomic E-state index is 13.1. The van der Waals surface area contributed by atoms with Crippen molar-refractivity contribution in [1.29, 1.82) is 0 Å². The van der Waals surface area contributed by atoms with Crippen LogP contribution >= 0.6 is 0 Å². The fraction of sp³-hybridized carbons (Fsp3) is 0.167. The molecular formula is C24H25FN4O2. The summed E-state index contributed by atoms with van der Waals surface area (Å²) in [4.78, 5) is 27.0. The molecule has 0 aromatic heterocycles. The van der Waals surface area contributed by atoms with Crippen LogP contribution in [0.1, 0.15) is 21.5 Å². The predicted octanol–water partition coefficient (Wildman–Crippen LogP) is 4.77. The second kappa shape index (κ2) is 9.75. The van der Waals surface area contributed by atoms with Gasteiger partial charge in [0.15, 0.2) is 0 Å². The molecule has 0 spiro atoms. The Morgan fingerprint density at radius 1 is 0.903 bits per heavy atom. The van der Waals surface area contributed by atoms with E-state index in [4.69, 9.17) is 0 Å². The van der Waals surface area contributed by atoms with Gasteiger partial charge in [0, 0.05) is 37.7 Å². The standard InChI is InChI=1S/C24H25FN4O2/c1-16-5-4-6-19(13-16)27-24(31)28-20-11-12-22(29(2)3)21(14-20)23(30)26-15-17-7-9-18(25)10-8-17/h4-14H,15H2,1-3H3,(H,26,30)(H2,27,28,31). The van der Waals surface area contributed by atoms with Crippen molar-refractivity contribution in [3.05, 3.63) is 89.2 Å². The van der Waals surface area contributed by atoms with Gasteiger partial charge in [-0.3, -0.25) is 4.79 Å². The highest BCUT2D eigenvalue weighted by Gasteiger charge is 2.15. The number of nitrogens with zero attached hydrogens (tertiary/aromatic N) is 1. The molecule has 160 valence electrons. The highest BCUT2D eigenvalue weighted by atomic mass is 19.1. The summed E-state index contributed by atoms with van der Waals surface area (Å²) < 4.78 is 13.1. The number of aryl methyl sites for hydroxylation is 1. The van der Waals surface area contributed by atoms with Crippen LogP contribution in [-0.4, -0.2) is 26.0 Å². The molecule has 0 unspecified atom stereocenters.